The van der Waals surface area contributed by atoms with Crippen molar-refractivity contribution in [2.24, 2.45) is 5.92 Å². The second kappa shape index (κ2) is 8.84. The van der Waals surface area contributed by atoms with E-state index in [1.807, 2.05) is 29.3 Å². The van der Waals surface area contributed by atoms with Gasteiger partial charge in [0, 0.05) is 44.2 Å². The summed E-state index contributed by atoms with van der Waals surface area (Å²) in [5, 5.41) is 9.31. The molecule has 2 fully saturated rings. The van der Waals surface area contributed by atoms with Gasteiger partial charge >= 0.3 is 0 Å². The molecule has 3 atom stereocenters. The van der Waals surface area contributed by atoms with Gasteiger partial charge in [0.25, 0.3) is 0 Å². The Labute approximate surface area is 167 Å². The summed E-state index contributed by atoms with van der Waals surface area (Å²) in [7, 11) is 0. The van der Waals surface area contributed by atoms with E-state index in [2.05, 4.69) is 34.1 Å². The highest BCUT2D eigenvalue weighted by Crippen LogP contribution is 2.45. The number of carbonyl (C=O) groups is 1. The molecule has 1 aromatic heterocycles. The third-order valence-corrected chi connectivity index (χ3v) is 6.18. The largest absolute Gasteiger partial charge is 0.396 e. The first-order chi connectivity index (χ1) is 13.8. The minimum atomic E-state index is 0.0306. The number of hydrogen-bond acceptors (Lipinski definition) is 4. The first-order valence-corrected chi connectivity index (χ1v) is 10.4. The van der Waals surface area contributed by atoms with E-state index in [9.17, 15) is 9.90 Å². The van der Waals surface area contributed by atoms with Crippen molar-refractivity contribution in [1.29, 1.82) is 0 Å². The first kappa shape index (κ1) is 19.1. The second-order valence-electron chi connectivity index (χ2n) is 7.91. The van der Waals surface area contributed by atoms with Crippen LogP contribution in [0.1, 0.15) is 42.9 Å². The van der Waals surface area contributed by atoms with Crippen LogP contribution in [0.15, 0.2) is 54.9 Å². The Hall–Kier alpha value is -2.24. The Bertz CT molecular complexity index is 768. The number of benzene rings is 1. The average Bonchev–Trinajstić information content (AvgIpc) is 3.35. The number of rotatable bonds is 7. The van der Waals surface area contributed by atoms with Gasteiger partial charge in [-0.25, -0.2) is 0 Å². The SMILES string of the molecule is O=C([C@@H]1C[C@H](c2ccccc2)N2CCC[C@@H]12)N(CCCO)Cc1cccnc1. The van der Waals surface area contributed by atoms with Crippen molar-refractivity contribution in [2.45, 2.75) is 44.3 Å². The zero-order valence-electron chi connectivity index (χ0n) is 16.3. The van der Waals surface area contributed by atoms with Crippen LogP contribution in [0.3, 0.4) is 0 Å². The number of aliphatic hydroxyl groups is 1. The van der Waals surface area contributed by atoms with Gasteiger partial charge in [-0.1, -0.05) is 36.4 Å². The predicted molar refractivity (Wildman–Crippen MR) is 108 cm³/mol. The monoisotopic (exact) mass is 379 g/mol. The minimum absolute atomic E-state index is 0.0306. The van der Waals surface area contributed by atoms with E-state index < -0.39 is 0 Å². The summed E-state index contributed by atoms with van der Waals surface area (Å²) in [4.78, 5) is 22.2. The molecule has 0 spiro atoms. The standard InChI is InChI=1S/C23H29N3O2/c27-14-6-12-25(17-18-7-4-11-24-16-18)23(28)20-15-22(19-8-2-1-3-9-19)26-13-5-10-21(20)26/h1-4,7-9,11,16,20-22,27H,5-6,10,12-15,17H2/t20-,21+,22-/m1/s1. The molecule has 0 bridgehead atoms. The van der Waals surface area contributed by atoms with Crippen molar-refractivity contribution in [3.05, 3.63) is 66.0 Å². The molecule has 28 heavy (non-hydrogen) atoms. The van der Waals surface area contributed by atoms with Gasteiger partial charge in [0.2, 0.25) is 5.91 Å². The number of nitrogens with zero attached hydrogens (tertiary/aromatic N) is 3. The van der Waals surface area contributed by atoms with Gasteiger partial charge < -0.3 is 10.0 Å². The lowest BCUT2D eigenvalue weighted by Gasteiger charge is -2.28. The van der Waals surface area contributed by atoms with E-state index in [-0.39, 0.29) is 18.4 Å². The minimum Gasteiger partial charge on any atom is -0.396 e. The zero-order valence-corrected chi connectivity index (χ0v) is 16.3. The molecule has 0 unspecified atom stereocenters. The Morgan fingerprint density at radius 3 is 2.82 bits per heavy atom. The molecule has 0 aliphatic carbocycles. The normalized spacial score (nSPS) is 24.2. The van der Waals surface area contributed by atoms with Gasteiger partial charge in [0.15, 0.2) is 0 Å². The summed E-state index contributed by atoms with van der Waals surface area (Å²) in [6.07, 6.45) is 7.33. The van der Waals surface area contributed by atoms with Crippen molar-refractivity contribution in [2.75, 3.05) is 19.7 Å². The molecule has 2 aliphatic heterocycles. The molecule has 2 saturated heterocycles. The summed E-state index contributed by atoms with van der Waals surface area (Å²) in [6.45, 7) is 2.33. The zero-order chi connectivity index (χ0) is 19.3. The van der Waals surface area contributed by atoms with E-state index in [0.717, 1.165) is 31.4 Å². The highest BCUT2D eigenvalue weighted by Gasteiger charge is 2.48. The van der Waals surface area contributed by atoms with Crippen LogP contribution in [0, 0.1) is 5.92 Å². The van der Waals surface area contributed by atoms with Crippen LogP contribution < -0.4 is 0 Å². The van der Waals surface area contributed by atoms with Crippen LogP contribution in [0.25, 0.3) is 0 Å². The van der Waals surface area contributed by atoms with Gasteiger partial charge in [-0.3, -0.25) is 14.7 Å². The molecular weight excluding hydrogens is 350 g/mol. The number of aromatic nitrogens is 1. The first-order valence-electron chi connectivity index (χ1n) is 10.4. The van der Waals surface area contributed by atoms with Gasteiger partial charge in [0.1, 0.15) is 0 Å². The van der Waals surface area contributed by atoms with E-state index in [4.69, 9.17) is 0 Å². The van der Waals surface area contributed by atoms with Crippen molar-refractivity contribution in [3.8, 4) is 0 Å². The van der Waals surface area contributed by atoms with Crippen LogP contribution in [-0.4, -0.2) is 51.5 Å². The van der Waals surface area contributed by atoms with Crippen LogP contribution in [0.2, 0.25) is 0 Å². The number of hydrogen-bond donors (Lipinski definition) is 1. The molecule has 1 aromatic carbocycles. The molecular formula is C23H29N3O2. The Kier molecular flexibility index (Phi) is 6.03. The molecule has 3 heterocycles. The Balaban J connectivity index is 1.54. The lowest BCUT2D eigenvalue weighted by atomic mass is 9.93. The third-order valence-electron chi connectivity index (χ3n) is 6.18. The molecule has 5 nitrogen and oxygen atoms in total. The van der Waals surface area contributed by atoms with Crippen LogP contribution >= 0.6 is 0 Å². The molecule has 0 radical (unpaired) electrons. The number of fused-ring (bicyclic) bond motifs is 1. The van der Waals surface area contributed by atoms with Crippen LogP contribution in [-0.2, 0) is 11.3 Å². The summed E-state index contributed by atoms with van der Waals surface area (Å²) in [5.41, 5.74) is 2.36. The van der Waals surface area contributed by atoms with Gasteiger partial charge in [-0.15, -0.1) is 0 Å². The second-order valence-corrected chi connectivity index (χ2v) is 7.91. The van der Waals surface area contributed by atoms with E-state index in [0.29, 0.717) is 31.6 Å². The lowest BCUT2D eigenvalue weighted by molar-refractivity contribution is -0.137. The number of amides is 1. The maximum absolute atomic E-state index is 13.6. The summed E-state index contributed by atoms with van der Waals surface area (Å²) >= 11 is 0. The summed E-state index contributed by atoms with van der Waals surface area (Å²) in [6, 6.07) is 15.2. The lowest BCUT2D eigenvalue weighted by Crippen LogP contribution is -2.41. The highest BCUT2D eigenvalue weighted by molar-refractivity contribution is 5.80. The third kappa shape index (κ3) is 3.96. The van der Waals surface area contributed by atoms with E-state index in [1.54, 1.807) is 6.20 Å². The van der Waals surface area contributed by atoms with Crippen LogP contribution in [0.5, 0.6) is 0 Å². The van der Waals surface area contributed by atoms with Crippen molar-refractivity contribution in [1.82, 2.24) is 14.8 Å². The number of carbonyl (C=O) groups excluding carboxylic acids is 1. The summed E-state index contributed by atoms with van der Waals surface area (Å²) in [5.74, 6) is 0.260. The predicted octanol–water partition coefficient (Wildman–Crippen LogP) is 3.02. The fourth-order valence-corrected chi connectivity index (χ4v) is 4.91. The Morgan fingerprint density at radius 1 is 1.21 bits per heavy atom. The van der Waals surface area contributed by atoms with Gasteiger partial charge in [-0.2, -0.15) is 0 Å². The maximum atomic E-state index is 13.6. The van der Waals surface area contributed by atoms with Crippen LogP contribution in [0.4, 0.5) is 0 Å². The molecule has 2 aliphatic rings. The number of aliphatic hydroxyl groups excluding tert-OH is 1. The van der Waals surface area contributed by atoms with Gasteiger partial charge in [0.05, 0.1) is 5.92 Å². The van der Waals surface area contributed by atoms with E-state index >= 15 is 0 Å². The molecule has 2 aromatic rings. The summed E-state index contributed by atoms with van der Waals surface area (Å²) < 4.78 is 0. The fourth-order valence-electron chi connectivity index (χ4n) is 4.91. The molecule has 1 N–H and O–H groups in total. The molecule has 0 saturated carbocycles. The topological polar surface area (TPSA) is 56.7 Å². The number of pyridine rings is 1. The molecule has 1 amide bonds. The maximum Gasteiger partial charge on any atom is 0.227 e. The average molecular weight is 380 g/mol. The molecule has 5 heteroatoms. The van der Waals surface area contributed by atoms with Crippen molar-refractivity contribution >= 4 is 5.91 Å². The highest BCUT2D eigenvalue weighted by atomic mass is 16.3. The van der Waals surface area contributed by atoms with Crippen molar-refractivity contribution < 1.29 is 9.90 Å². The molecule has 148 valence electrons. The van der Waals surface area contributed by atoms with Gasteiger partial charge in [-0.05, 0) is 49.4 Å². The molecule has 4 rings (SSSR count). The smallest absolute Gasteiger partial charge is 0.227 e. The fraction of sp³-hybridized carbons (Fsp3) is 0.478. The quantitative estimate of drug-likeness (QED) is 0.803. The van der Waals surface area contributed by atoms with E-state index in [1.165, 1.54) is 5.56 Å². The van der Waals surface area contributed by atoms with Crippen molar-refractivity contribution in [3.63, 3.8) is 0 Å². The Morgan fingerprint density at radius 2 is 2.07 bits per heavy atom.